The Balaban J connectivity index is 1.04. The molecule has 258 valence electrons. The molecule has 2 heterocycles. The highest BCUT2D eigenvalue weighted by atomic mass is 28.3. The van der Waals surface area contributed by atoms with Gasteiger partial charge in [0.25, 0.3) is 0 Å². The van der Waals surface area contributed by atoms with Crippen molar-refractivity contribution in [2.45, 2.75) is 13.1 Å². The Morgan fingerprint density at radius 2 is 0.891 bits per heavy atom. The van der Waals surface area contributed by atoms with E-state index in [4.69, 9.17) is 9.97 Å². The maximum absolute atomic E-state index is 5.42. The van der Waals surface area contributed by atoms with E-state index in [0.717, 1.165) is 44.7 Å². The van der Waals surface area contributed by atoms with Gasteiger partial charge in [0.1, 0.15) is 8.07 Å². The van der Waals surface area contributed by atoms with Crippen LogP contribution in [0.3, 0.4) is 0 Å². The fourth-order valence-electron chi connectivity index (χ4n) is 9.15. The molecule has 0 bridgehead atoms. The van der Waals surface area contributed by atoms with E-state index in [9.17, 15) is 0 Å². The lowest BCUT2D eigenvalue weighted by molar-refractivity contribution is 1.23. The van der Waals surface area contributed by atoms with E-state index >= 15 is 0 Å². The maximum atomic E-state index is 5.42. The molecule has 0 radical (unpaired) electrons. The Kier molecular flexibility index (Phi) is 7.04. The van der Waals surface area contributed by atoms with Crippen LogP contribution in [0.4, 0.5) is 0 Å². The summed E-state index contributed by atoms with van der Waals surface area (Å²) in [5, 5.41) is 11.8. The second-order valence-corrected chi connectivity index (χ2v) is 19.7. The van der Waals surface area contributed by atoms with Gasteiger partial charge < -0.3 is 0 Å². The van der Waals surface area contributed by atoms with Crippen molar-refractivity contribution in [3.8, 4) is 56.0 Å². The van der Waals surface area contributed by atoms with E-state index in [0.29, 0.717) is 0 Å². The third kappa shape index (κ3) is 4.94. The lowest BCUT2D eigenvalue weighted by Gasteiger charge is -2.19. The molecular weight excluding hydrogens is 681 g/mol. The average Bonchev–Trinajstić information content (AvgIpc) is 3.49. The molecule has 55 heavy (non-hydrogen) atoms. The highest BCUT2D eigenvalue weighted by Crippen LogP contribution is 2.41. The summed E-state index contributed by atoms with van der Waals surface area (Å²) in [5.41, 5.74) is 11.4. The topological polar surface area (TPSA) is 25.8 Å². The molecule has 0 atom stereocenters. The van der Waals surface area contributed by atoms with E-state index in [1.807, 2.05) is 0 Å². The first-order valence-corrected chi connectivity index (χ1v) is 22.1. The quantitative estimate of drug-likeness (QED) is 0.134. The second-order valence-electron chi connectivity index (χ2n) is 15.3. The number of fused-ring (bicyclic) bond motifs is 11. The Hall–Kier alpha value is -6.68. The molecule has 0 spiro atoms. The summed E-state index contributed by atoms with van der Waals surface area (Å²) in [5.74, 6) is 0.737. The maximum Gasteiger partial charge on any atom is 0.160 e. The van der Waals surface area contributed by atoms with Gasteiger partial charge in [0.2, 0.25) is 0 Å². The van der Waals surface area contributed by atoms with Gasteiger partial charge in [0.05, 0.1) is 11.2 Å². The smallest absolute Gasteiger partial charge is 0.160 e. The van der Waals surface area contributed by atoms with Crippen LogP contribution in [0.1, 0.15) is 0 Å². The number of rotatable bonds is 4. The summed E-state index contributed by atoms with van der Waals surface area (Å²) < 4.78 is 0. The lowest BCUT2D eigenvalue weighted by Crippen LogP contribution is -2.49. The molecule has 9 aromatic carbocycles. The van der Waals surface area contributed by atoms with Gasteiger partial charge in [-0.15, -0.1) is 0 Å². The minimum atomic E-state index is -1.87. The molecule has 10 aromatic rings. The molecule has 2 nitrogen and oxygen atoms in total. The summed E-state index contributed by atoms with van der Waals surface area (Å²) >= 11 is 0. The van der Waals surface area contributed by atoms with Crippen molar-refractivity contribution in [2.75, 3.05) is 0 Å². The summed E-state index contributed by atoms with van der Waals surface area (Å²) in [6.45, 7) is 4.93. The van der Waals surface area contributed by atoms with Crippen molar-refractivity contribution in [1.29, 1.82) is 0 Å². The molecule has 0 fully saturated rings. The Labute approximate surface area is 321 Å². The van der Waals surface area contributed by atoms with Crippen molar-refractivity contribution in [1.82, 2.24) is 9.97 Å². The molecule has 0 unspecified atom stereocenters. The van der Waals surface area contributed by atoms with E-state index in [2.05, 4.69) is 195 Å². The van der Waals surface area contributed by atoms with Gasteiger partial charge in [0.15, 0.2) is 5.82 Å². The van der Waals surface area contributed by atoms with Gasteiger partial charge in [-0.1, -0.05) is 171 Å². The Morgan fingerprint density at radius 3 is 1.58 bits per heavy atom. The number of hydrogen-bond acceptors (Lipinski definition) is 2. The molecule has 1 aromatic heterocycles. The van der Waals surface area contributed by atoms with Crippen LogP contribution in [0.25, 0.3) is 99.2 Å². The molecule has 1 aliphatic heterocycles. The number of aromatic nitrogens is 2. The molecule has 0 aliphatic carbocycles. The number of nitrogens with zero attached hydrogens (tertiary/aromatic N) is 2. The molecule has 1 aliphatic rings. The Morgan fingerprint density at radius 1 is 0.364 bits per heavy atom. The first kappa shape index (κ1) is 31.8. The summed E-state index contributed by atoms with van der Waals surface area (Å²) in [7, 11) is -1.87. The standard InChI is InChI=1S/C52H36N2Si/c1-55(2)47-25-11-10-24-44(47)49-48(55)29-28-46-50(49)51(33-14-4-3-5-15-33)54-52(53-46)38-19-13-18-36(31-38)34-16-12-17-35(30-34)37-26-27-43-41-22-7-6-20-39(41)40-21-8-9-23-42(40)45(43)32-37/h3-32H,1-2H3. The molecule has 0 N–H and O–H groups in total. The van der Waals surface area contributed by atoms with Crippen LogP contribution in [-0.2, 0) is 0 Å². The fourth-order valence-corrected chi connectivity index (χ4v) is 12.2. The van der Waals surface area contributed by atoms with E-state index in [1.54, 1.807) is 0 Å². The van der Waals surface area contributed by atoms with Crippen LogP contribution >= 0.6 is 0 Å². The van der Waals surface area contributed by atoms with Crippen LogP contribution in [0.5, 0.6) is 0 Å². The largest absolute Gasteiger partial charge is 0.228 e. The van der Waals surface area contributed by atoms with Crippen LogP contribution in [0.2, 0.25) is 13.1 Å². The molecular formula is C52H36N2Si. The average molecular weight is 717 g/mol. The highest BCUT2D eigenvalue weighted by Gasteiger charge is 2.39. The third-order valence-corrected chi connectivity index (χ3v) is 15.4. The van der Waals surface area contributed by atoms with Crippen molar-refractivity contribution < 1.29 is 0 Å². The third-order valence-electron chi connectivity index (χ3n) is 11.8. The number of hydrogen-bond donors (Lipinski definition) is 0. The van der Waals surface area contributed by atoms with Gasteiger partial charge in [0, 0.05) is 16.5 Å². The summed E-state index contributed by atoms with van der Waals surface area (Å²) in [6, 6.07) is 66.3. The van der Waals surface area contributed by atoms with Gasteiger partial charge in [-0.25, -0.2) is 9.97 Å². The molecule has 0 saturated carbocycles. The molecule has 0 saturated heterocycles. The van der Waals surface area contributed by atoms with E-state index in [-0.39, 0.29) is 0 Å². The van der Waals surface area contributed by atoms with Crippen molar-refractivity contribution in [2.24, 2.45) is 0 Å². The van der Waals surface area contributed by atoms with Crippen molar-refractivity contribution >= 4 is 61.7 Å². The van der Waals surface area contributed by atoms with Gasteiger partial charge >= 0.3 is 0 Å². The monoisotopic (exact) mass is 716 g/mol. The SMILES string of the molecule is C[Si]1(C)c2ccccc2-c2c1ccc1nc(-c3cccc(-c4cccc(-c5ccc6c7ccccc7c7ccccc7c6c5)c4)c3)nc(-c3ccccc3)c21. The highest BCUT2D eigenvalue weighted by molar-refractivity contribution is 7.04. The van der Waals surface area contributed by atoms with Gasteiger partial charge in [-0.3, -0.25) is 0 Å². The predicted octanol–water partition coefficient (Wildman–Crippen LogP) is 12.6. The van der Waals surface area contributed by atoms with Crippen molar-refractivity contribution in [3.05, 3.63) is 182 Å². The summed E-state index contributed by atoms with van der Waals surface area (Å²) in [6.07, 6.45) is 0. The van der Waals surface area contributed by atoms with Crippen LogP contribution in [-0.4, -0.2) is 18.0 Å². The van der Waals surface area contributed by atoms with E-state index < -0.39 is 8.07 Å². The zero-order valence-corrected chi connectivity index (χ0v) is 31.7. The molecule has 11 rings (SSSR count). The van der Waals surface area contributed by atoms with Gasteiger partial charge in [-0.05, 0) is 100 Å². The minimum absolute atomic E-state index is 0.737. The van der Waals surface area contributed by atoms with Gasteiger partial charge in [-0.2, -0.15) is 0 Å². The van der Waals surface area contributed by atoms with Crippen LogP contribution in [0, 0.1) is 0 Å². The second kappa shape index (κ2) is 12.2. The van der Waals surface area contributed by atoms with Crippen molar-refractivity contribution in [3.63, 3.8) is 0 Å². The fraction of sp³-hybridized carbons (Fsp3) is 0.0385. The van der Waals surface area contributed by atoms with E-state index in [1.165, 1.54) is 64.9 Å². The summed E-state index contributed by atoms with van der Waals surface area (Å²) in [4.78, 5) is 10.7. The van der Waals surface area contributed by atoms with Crippen LogP contribution in [0.15, 0.2) is 182 Å². The number of benzene rings is 9. The lowest BCUT2D eigenvalue weighted by atomic mass is 9.91. The zero-order chi connectivity index (χ0) is 36.7. The predicted molar refractivity (Wildman–Crippen MR) is 236 cm³/mol. The Bertz CT molecular complexity index is 3150. The minimum Gasteiger partial charge on any atom is -0.228 e. The molecule has 3 heteroatoms. The first-order valence-electron chi connectivity index (χ1n) is 19.1. The molecule has 0 amide bonds. The first-order chi connectivity index (χ1) is 27.0. The zero-order valence-electron chi connectivity index (χ0n) is 30.7. The normalized spacial score (nSPS) is 13.1. The van der Waals surface area contributed by atoms with Crippen LogP contribution < -0.4 is 10.4 Å².